The Morgan fingerprint density at radius 2 is 0.435 bits per heavy atom. The zero-order valence-corrected chi connectivity index (χ0v) is 64.6. The highest BCUT2D eigenvalue weighted by atomic mass is 14.2. The molecule has 9 aromatic carbocycles. The molecule has 0 heteroatoms. The summed E-state index contributed by atoms with van der Waals surface area (Å²) in [6, 6.07) is 47.9. The maximum Gasteiger partial charge on any atom is -0.0146 e. The molecule has 0 aliphatic carbocycles. The Hall–Kier alpha value is -7.02. The Morgan fingerprint density at radius 1 is 0.185 bits per heavy atom. The fourth-order valence-corrected chi connectivity index (χ4v) is 13.2. The second-order valence-corrected chi connectivity index (χ2v) is 28.6. The lowest BCUT2D eigenvalue weighted by Gasteiger charge is -2.24. The average Bonchev–Trinajstić information content (AvgIpc) is 0.837. The van der Waals surface area contributed by atoms with Gasteiger partial charge < -0.3 is 0 Å². The summed E-state index contributed by atoms with van der Waals surface area (Å²) in [6.07, 6.45) is 0. The van der Waals surface area contributed by atoms with E-state index in [9.17, 15) is 0 Å². The third-order valence-electron chi connectivity index (χ3n) is 19.6. The molecule has 92 heavy (non-hydrogen) atoms. The van der Waals surface area contributed by atoms with Crippen molar-refractivity contribution in [2.75, 3.05) is 0 Å². The number of aryl methyl sites for hydroxylation is 9. The topological polar surface area (TPSA) is 0 Å². The first-order valence-electron chi connectivity index (χ1n) is 34.5. The number of benzene rings is 9. The standard InChI is InChI=1S/C20H18.C16H26.C14H22.2C12H18.C10H14.C8H10/c1-15-13-19(17-9-5-3-6-10-17)16(2)20(14-15)18-11-7-4-8-12-18;1-9(2)15-12(6)11(5)13(7)16(10(3)4)14(15)8;1-9(2)13-7-11(5)8-14(10(3)4)12(13)6;1-8(2)12-7-9(3)6-10(4)11(12)5;1-7-8(2)10(4)12(6)11(5)9(7)3;1-7-5-8(2)10(4)9(3)6-7;1-7-3-5-8(2)6-4-7/h3-14H,1-2H3;9-10H,1-8H3;7-10H,1-6H3;6-8H,1-5H3;1-6H3;5-6H,1-4H3;3-6H,1-2H3. The van der Waals surface area contributed by atoms with Gasteiger partial charge in [0.15, 0.2) is 0 Å². The summed E-state index contributed by atoms with van der Waals surface area (Å²) in [4.78, 5) is 0. The van der Waals surface area contributed by atoms with Crippen LogP contribution in [0.5, 0.6) is 0 Å². The van der Waals surface area contributed by atoms with E-state index in [1.54, 1.807) is 11.1 Å². The van der Waals surface area contributed by atoms with Crippen molar-refractivity contribution in [1.29, 1.82) is 0 Å². The third kappa shape index (κ3) is 22.1. The largest absolute Gasteiger partial charge is 0.0622 e. The number of rotatable bonds is 7. The molecule has 0 nitrogen and oxygen atoms in total. The number of hydrogen-bond acceptors (Lipinski definition) is 0. The highest BCUT2D eigenvalue weighted by Gasteiger charge is 2.19. The Kier molecular flexibility index (Phi) is 31.4. The predicted octanol–water partition coefficient (Wildman–Crippen LogP) is 27.9. The Labute approximate surface area is 566 Å². The molecule has 0 heterocycles. The highest BCUT2D eigenvalue weighted by molar-refractivity contribution is 5.79. The van der Waals surface area contributed by atoms with E-state index in [2.05, 4.69) is 362 Å². The second kappa shape index (κ2) is 36.4. The summed E-state index contributed by atoms with van der Waals surface area (Å²) in [5, 5.41) is 0. The van der Waals surface area contributed by atoms with Gasteiger partial charge in [0, 0.05) is 0 Å². The van der Waals surface area contributed by atoms with Gasteiger partial charge in [-0.2, -0.15) is 0 Å². The smallest absolute Gasteiger partial charge is 0.0146 e. The van der Waals surface area contributed by atoms with Crippen LogP contribution in [0.3, 0.4) is 0 Å². The van der Waals surface area contributed by atoms with Crippen LogP contribution < -0.4 is 0 Å². The first-order valence-corrected chi connectivity index (χ1v) is 34.5. The lowest BCUT2D eigenvalue weighted by molar-refractivity contribution is 0.798. The quantitative estimate of drug-likeness (QED) is 0.149. The summed E-state index contributed by atoms with van der Waals surface area (Å²) < 4.78 is 0. The van der Waals surface area contributed by atoms with Crippen molar-refractivity contribution in [1.82, 2.24) is 0 Å². The molecule has 0 saturated heterocycles. The average molecular weight is 1230 g/mol. The molecule has 0 fully saturated rings. The van der Waals surface area contributed by atoms with E-state index in [0.29, 0.717) is 29.6 Å². The molecule has 0 saturated carbocycles. The van der Waals surface area contributed by atoms with Gasteiger partial charge in [-0.1, -0.05) is 231 Å². The van der Waals surface area contributed by atoms with Crippen LogP contribution in [0.4, 0.5) is 0 Å². The predicted molar refractivity (Wildman–Crippen MR) is 415 cm³/mol. The van der Waals surface area contributed by atoms with Gasteiger partial charge in [-0.25, -0.2) is 0 Å². The molecular weight excluding hydrogens is 1110 g/mol. The summed E-state index contributed by atoms with van der Waals surface area (Å²) in [7, 11) is 0. The van der Waals surface area contributed by atoms with Crippen LogP contribution in [0.25, 0.3) is 22.3 Å². The second-order valence-electron chi connectivity index (χ2n) is 28.6. The maximum absolute atomic E-state index is 2.33. The molecular formula is C92H126. The van der Waals surface area contributed by atoms with Crippen molar-refractivity contribution < 1.29 is 0 Å². The van der Waals surface area contributed by atoms with Crippen LogP contribution in [0.15, 0.2) is 133 Å². The van der Waals surface area contributed by atoms with Crippen LogP contribution in [-0.4, -0.2) is 0 Å². The molecule has 0 N–H and O–H groups in total. The Morgan fingerprint density at radius 3 is 0.728 bits per heavy atom. The first-order chi connectivity index (χ1) is 42.9. The molecule has 0 aliphatic rings. The monoisotopic (exact) mass is 1230 g/mol. The molecule has 0 unspecified atom stereocenters. The zero-order chi connectivity index (χ0) is 69.9. The zero-order valence-electron chi connectivity index (χ0n) is 64.6. The van der Waals surface area contributed by atoms with E-state index in [0.717, 1.165) is 0 Å². The van der Waals surface area contributed by atoms with E-state index in [4.69, 9.17) is 0 Å². The van der Waals surface area contributed by atoms with Crippen LogP contribution in [-0.2, 0) is 0 Å². The van der Waals surface area contributed by atoms with E-state index in [1.807, 2.05) is 0 Å². The van der Waals surface area contributed by atoms with Crippen LogP contribution >= 0.6 is 0 Å². The molecule has 0 radical (unpaired) electrons. The lowest BCUT2D eigenvalue weighted by atomic mass is 9.81. The van der Waals surface area contributed by atoms with Gasteiger partial charge in [-0.05, 0) is 339 Å². The maximum atomic E-state index is 2.33. The van der Waals surface area contributed by atoms with Crippen molar-refractivity contribution in [3.05, 3.63) is 289 Å². The minimum atomic E-state index is 0.622. The minimum absolute atomic E-state index is 0.622. The lowest BCUT2D eigenvalue weighted by Crippen LogP contribution is -2.07. The summed E-state index contributed by atoms with van der Waals surface area (Å²) in [5.74, 6) is 3.15. The van der Waals surface area contributed by atoms with E-state index < -0.39 is 0 Å². The summed E-state index contributed by atoms with van der Waals surface area (Å²) >= 11 is 0. The minimum Gasteiger partial charge on any atom is -0.0622 e. The normalized spacial score (nSPS) is 10.7. The SMILES string of the molecule is Cc1c(C)c(C(C)C)c(C)c(C(C)C)c1C.Cc1c(C)c(C)c(C)c(C)c1C.Cc1cc(-c2ccccc2)c(C)c(-c2ccccc2)c1.Cc1cc(C(C)C)c(C)c(C(C)C)c1.Cc1cc(C)c(C)c(C(C)C)c1.Cc1cc(C)c(C)c(C)c1.Cc1ccc(C)cc1. The van der Waals surface area contributed by atoms with Crippen LogP contribution in [0.1, 0.15) is 255 Å². The summed E-state index contributed by atoms with van der Waals surface area (Å²) in [5.41, 5.74) is 45.6. The van der Waals surface area contributed by atoms with Gasteiger partial charge >= 0.3 is 0 Å². The Balaban J connectivity index is 0.000000285. The van der Waals surface area contributed by atoms with Crippen molar-refractivity contribution in [3.63, 3.8) is 0 Å². The van der Waals surface area contributed by atoms with Crippen molar-refractivity contribution in [2.24, 2.45) is 0 Å². The van der Waals surface area contributed by atoms with E-state index in [-0.39, 0.29) is 0 Å². The fourth-order valence-electron chi connectivity index (χ4n) is 13.2. The van der Waals surface area contributed by atoms with Crippen molar-refractivity contribution in [3.8, 4) is 22.3 Å². The van der Waals surface area contributed by atoms with E-state index >= 15 is 0 Å². The molecule has 0 aromatic heterocycles. The fraction of sp³-hybridized carbons (Fsp3) is 0.413. The van der Waals surface area contributed by atoms with Gasteiger partial charge in [0.25, 0.3) is 0 Å². The van der Waals surface area contributed by atoms with Gasteiger partial charge in [-0.15, -0.1) is 0 Å². The first kappa shape index (κ1) is 79.2. The Bertz CT molecular complexity index is 3530. The highest BCUT2D eigenvalue weighted by Crippen LogP contribution is 2.37. The molecule has 0 amide bonds. The molecule has 0 aliphatic heterocycles. The van der Waals surface area contributed by atoms with Crippen molar-refractivity contribution in [2.45, 2.75) is 258 Å². The molecule has 494 valence electrons. The molecule has 0 spiro atoms. The van der Waals surface area contributed by atoms with Crippen LogP contribution in [0.2, 0.25) is 0 Å². The summed E-state index contributed by atoms with van der Waals surface area (Å²) in [6.45, 7) is 73.4. The van der Waals surface area contributed by atoms with Gasteiger partial charge in [0.2, 0.25) is 0 Å². The van der Waals surface area contributed by atoms with Gasteiger partial charge in [0.05, 0.1) is 0 Å². The molecule has 9 aromatic rings. The number of hydrogen-bond donors (Lipinski definition) is 0. The van der Waals surface area contributed by atoms with Crippen LogP contribution in [0, 0.1) is 159 Å². The third-order valence-corrected chi connectivity index (χ3v) is 19.6. The molecule has 9 rings (SSSR count). The van der Waals surface area contributed by atoms with Gasteiger partial charge in [-0.3, -0.25) is 0 Å². The van der Waals surface area contributed by atoms with Crippen molar-refractivity contribution >= 4 is 0 Å². The van der Waals surface area contributed by atoms with E-state index in [1.165, 1.54) is 167 Å². The molecule has 0 atom stereocenters. The molecule has 0 bridgehead atoms. The van der Waals surface area contributed by atoms with Gasteiger partial charge in [0.1, 0.15) is 0 Å².